The number of hydrogen-bond donors (Lipinski definition) is 2. The molecule has 2 rings (SSSR count). The van der Waals surface area contributed by atoms with Gasteiger partial charge in [0.25, 0.3) is 11.6 Å². The fourth-order valence-electron chi connectivity index (χ4n) is 2.87. The zero-order valence-electron chi connectivity index (χ0n) is 14.8. The van der Waals surface area contributed by atoms with Crippen LogP contribution < -0.4 is 15.5 Å². The van der Waals surface area contributed by atoms with Gasteiger partial charge < -0.3 is 15.5 Å². The van der Waals surface area contributed by atoms with E-state index in [9.17, 15) is 14.9 Å². The number of benzene rings is 1. The van der Waals surface area contributed by atoms with Gasteiger partial charge in [-0.1, -0.05) is 13.8 Å². The SMILES string of the molecule is CCNCCNC(=O)c1ccc(N2CCC(C)CC2)c([N+](=O)[O-])c1.Cl. The Bertz CT molecular complexity index is 589. The first kappa shape index (κ1) is 21.2. The standard InChI is InChI=1S/C17H26N4O3.ClH/c1-3-18-8-9-19-17(22)14-4-5-15(16(12-14)21(23)24)20-10-6-13(2)7-11-20;/h4-5,12-13,18H,3,6-11H2,1-2H3,(H,19,22);1H. The van der Waals surface area contributed by atoms with Crippen molar-refractivity contribution in [3.05, 3.63) is 33.9 Å². The Kier molecular flexibility index (Phi) is 8.65. The fraction of sp³-hybridized carbons (Fsp3) is 0.588. The average molecular weight is 371 g/mol. The Morgan fingerprint density at radius 2 is 2.00 bits per heavy atom. The maximum Gasteiger partial charge on any atom is 0.293 e. The lowest BCUT2D eigenvalue weighted by atomic mass is 9.98. The van der Waals surface area contributed by atoms with Crippen LogP contribution in [-0.4, -0.2) is 43.6 Å². The average Bonchev–Trinajstić information content (AvgIpc) is 2.58. The van der Waals surface area contributed by atoms with Gasteiger partial charge >= 0.3 is 0 Å². The van der Waals surface area contributed by atoms with Crippen molar-refractivity contribution in [2.45, 2.75) is 26.7 Å². The van der Waals surface area contributed by atoms with Gasteiger partial charge in [0.15, 0.2) is 0 Å². The highest BCUT2D eigenvalue weighted by Crippen LogP contribution is 2.32. The molecular weight excluding hydrogens is 344 g/mol. The number of nitrogens with one attached hydrogen (secondary N) is 2. The summed E-state index contributed by atoms with van der Waals surface area (Å²) in [4.78, 5) is 25.2. The number of nitrogens with zero attached hydrogens (tertiary/aromatic N) is 2. The van der Waals surface area contributed by atoms with E-state index in [2.05, 4.69) is 17.6 Å². The second-order valence-electron chi connectivity index (χ2n) is 6.24. The highest BCUT2D eigenvalue weighted by molar-refractivity contribution is 5.95. The number of carbonyl (C=O) groups is 1. The van der Waals surface area contributed by atoms with Gasteiger partial charge in [-0.3, -0.25) is 14.9 Å². The molecule has 1 heterocycles. The number of amides is 1. The zero-order valence-corrected chi connectivity index (χ0v) is 15.6. The molecule has 25 heavy (non-hydrogen) atoms. The van der Waals surface area contributed by atoms with E-state index in [1.165, 1.54) is 6.07 Å². The maximum absolute atomic E-state index is 12.1. The summed E-state index contributed by atoms with van der Waals surface area (Å²) in [6.07, 6.45) is 2.06. The summed E-state index contributed by atoms with van der Waals surface area (Å²) in [5.74, 6) is 0.372. The lowest BCUT2D eigenvalue weighted by Gasteiger charge is -2.31. The monoisotopic (exact) mass is 370 g/mol. The van der Waals surface area contributed by atoms with E-state index in [1.807, 2.05) is 11.8 Å². The number of likely N-dealkylation sites (N-methyl/N-ethyl adjacent to an activating group) is 1. The molecule has 0 spiro atoms. The minimum absolute atomic E-state index is 0. The van der Waals surface area contributed by atoms with E-state index in [1.54, 1.807) is 12.1 Å². The quantitative estimate of drug-likeness (QED) is 0.437. The molecule has 1 fully saturated rings. The van der Waals surface area contributed by atoms with Crippen LogP contribution in [0.2, 0.25) is 0 Å². The molecule has 140 valence electrons. The number of hydrogen-bond acceptors (Lipinski definition) is 5. The first-order valence-electron chi connectivity index (χ1n) is 8.55. The third-order valence-electron chi connectivity index (χ3n) is 4.40. The molecule has 0 aliphatic carbocycles. The third-order valence-corrected chi connectivity index (χ3v) is 4.40. The van der Waals surface area contributed by atoms with Crippen molar-refractivity contribution in [3.63, 3.8) is 0 Å². The lowest BCUT2D eigenvalue weighted by molar-refractivity contribution is -0.384. The van der Waals surface area contributed by atoms with Crippen LogP contribution in [0.5, 0.6) is 0 Å². The molecule has 0 bridgehead atoms. The Hall–Kier alpha value is -1.86. The summed E-state index contributed by atoms with van der Waals surface area (Å²) >= 11 is 0. The van der Waals surface area contributed by atoms with Crippen molar-refractivity contribution < 1.29 is 9.72 Å². The molecule has 1 saturated heterocycles. The van der Waals surface area contributed by atoms with E-state index < -0.39 is 4.92 Å². The van der Waals surface area contributed by atoms with Crippen LogP contribution in [0, 0.1) is 16.0 Å². The topological polar surface area (TPSA) is 87.5 Å². The molecular formula is C17H27ClN4O3. The lowest BCUT2D eigenvalue weighted by Crippen LogP contribution is -2.33. The predicted octanol–water partition coefficient (Wildman–Crippen LogP) is 2.59. The minimum Gasteiger partial charge on any atom is -0.366 e. The third kappa shape index (κ3) is 5.86. The number of anilines is 1. The Labute approximate surface area is 154 Å². The van der Waals surface area contributed by atoms with E-state index in [0.29, 0.717) is 30.3 Å². The number of carbonyl (C=O) groups excluding carboxylic acids is 1. The van der Waals surface area contributed by atoms with Crippen LogP contribution >= 0.6 is 12.4 Å². The summed E-state index contributed by atoms with van der Waals surface area (Å²) in [7, 11) is 0. The van der Waals surface area contributed by atoms with Crippen LogP contribution in [0.3, 0.4) is 0 Å². The normalized spacial score (nSPS) is 14.7. The Morgan fingerprint density at radius 1 is 1.32 bits per heavy atom. The second kappa shape index (κ2) is 10.2. The molecule has 1 aromatic rings. The summed E-state index contributed by atoms with van der Waals surface area (Å²) in [5.41, 5.74) is 0.937. The van der Waals surface area contributed by atoms with Gasteiger partial charge in [0.1, 0.15) is 5.69 Å². The van der Waals surface area contributed by atoms with Gasteiger partial charge in [-0.15, -0.1) is 12.4 Å². The summed E-state index contributed by atoms with van der Waals surface area (Å²) in [6.45, 7) is 7.83. The van der Waals surface area contributed by atoms with E-state index in [-0.39, 0.29) is 24.0 Å². The number of nitro benzene ring substituents is 1. The smallest absolute Gasteiger partial charge is 0.293 e. The molecule has 0 radical (unpaired) electrons. The van der Waals surface area contributed by atoms with Gasteiger partial charge in [-0.05, 0) is 37.4 Å². The summed E-state index contributed by atoms with van der Waals surface area (Å²) in [6, 6.07) is 4.76. The van der Waals surface area contributed by atoms with Crippen LogP contribution in [0.15, 0.2) is 18.2 Å². The van der Waals surface area contributed by atoms with Gasteiger partial charge in [0.2, 0.25) is 0 Å². The molecule has 0 aromatic heterocycles. The van der Waals surface area contributed by atoms with Crippen LogP contribution in [-0.2, 0) is 0 Å². The van der Waals surface area contributed by atoms with Crippen LogP contribution in [0.4, 0.5) is 11.4 Å². The van der Waals surface area contributed by atoms with Crippen molar-refractivity contribution in [1.82, 2.24) is 10.6 Å². The Balaban J connectivity index is 0.00000312. The van der Waals surface area contributed by atoms with Crippen LogP contribution in [0.1, 0.15) is 37.0 Å². The van der Waals surface area contributed by atoms with Crippen molar-refractivity contribution >= 4 is 29.7 Å². The molecule has 1 aliphatic heterocycles. The Morgan fingerprint density at radius 3 is 2.60 bits per heavy atom. The second-order valence-corrected chi connectivity index (χ2v) is 6.24. The maximum atomic E-state index is 12.1. The minimum atomic E-state index is -0.400. The molecule has 1 amide bonds. The predicted molar refractivity (Wildman–Crippen MR) is 102 cm³/mol. The fourth-order valence-corrected chi connectivity index (χ4v) is 2.87. The van der Waals surface area contributed by atoms with E-state index in [4.69, 9.17) is 0 Å². The number of piperidine rings is 1. The molecule has 7 nitrogen and oxygen atoms in total. The van der Waals surface area contributed by atoms with Gasteiger partial charge in [-0.25, -0.2) is 0 Å². The molecule has 2 N–H and O–H groups in total. The summed E-state index contributed by atoms with van der Waals surface area (Å²) < 4.78 is 0. The number of halogens is 1. The first-order chi connectivity index (χ1) is 11.5. The van der Waals surface area contributed by atoms with Gasteiger partial charge in [-0.2, -0.15) is 0 Å². The van der Waals surface area contributed by atoms with Crippen molar-refractivity contribution in [2.24, 2.45) is 5.92 Å². The first-order valence-corrected chi connectivity index (χ1v) is 8.55. The number of rotatable bonds is 7. The molecule has 0 unspecified atom stereocenters. The summed E-state index contributed by atoms with van der Waals surface area (Å²) in [5, 5.41) is 17.3. The molecule has 0 atom stereocenters. The molecule has 0 saturated carbocycles. The van der Waals surface area contributed by atoms with Gasteiger partial charge in [0, 0.05) is 37.8 Å². The van der Waals surface area contributed by atoms with Gasteiger partial charge in [0.05, 0.1) is 4.92 Å². The van der Waals surface area contributed by atoms with Crippen molar-refractivity contribution in [2.75, 3.05) is 37.6 Å². The zero-order chi connectivity index (χ0) is 17.5. The van der Waals surface area contributed by atoms with E-state index >= 15 is 0 Å². The van der Waals surface area contributed by atoms with E-state index in [0.717, 1.165) is 32.5 Å². The highest BCUT2D eigenvalue weighted by Gasteiger charge is 2.24. The molecule has 8 heteroatoms. The molecule has 1 aliphatic rings. The largest absolute Gasteiger partial charge is 0.366 e. The van der Waals surface area contributed by atoms with Crippen molar-refractivity contribution in [3.8, 4) is 0 Å². The van der Waals surface area contributed by atoms with Crippen molar-refractivity contribution in [1.29, 1.82) is 0 Å². The molecule has 1 aromatic carbocycles. The highest BCUT2D eigenvalue weighted by atomic mass is 35.5. The number of nitro groups is 1. The van der Waals surface area contributed by atoms with Crippen LogP contribution in [0.25, 0.3) is 0 Å².